The van der Waals surface area contributed by atoms with Gasteiger partial charge < -0.3 is 5.11 Å². The fourth-order valence-electron chi connectivity index (χ4n) is 2.85. The van der Waals surface area contributed by atoms with E-state index in [1.54, 1.807) is 0 Å². The Balaban J connectivity index is 2.29. The number of hydrogen-bond donors (Lipinski definition) is 1. The third kappa shape index (κ3) is 4.38. The normalized spacial score (nSPS) is 31.5. The highest BCUT2D eigenvalue weighted by molar-refractivity contribution is 4.80. The Morgan fingerprint density at radius 2 is 2.13 bits per heavy atom. The molecule has 0 amide bonds. The van der Waals surface area contributed by atoms with Crippen LogP contribution in [0.25, 0.3) is 0 Å². The highest BCUT2D eigenvalue weighted by atomic mass is 16.3. The van der Waals surface area contributed by atoms with Gasteiger partial charge in [0.2, 0.25) is 0 Å². The monoisotopic (exact) mass is 210 g/mol. The van der Waals surface area contributed by atoms with Crippen molar-refractivity contribution in [1.29, 1.82) is 0 Å². The Morgan fingerprint density at radius 3 is 2.80 bits per heavy atom. The van der Waals surface area contributed by atoms with E-state index in [1.807, 2.05) is 6.08 Å². The molecule has 1 fully saturated rings. The maximum Gasteiger partial charge on any atom is 0.0568 e. The van der Waals surface area contributed by atoms with Crippen molar-refractivity contribution in [2.75, 3.05) is 0 Å². The predicted octanol–water partition coefficient (Wildman–Crippen LogP) is 3.92. The Hall–Kier alpha value is -0.300. The Morgan fingerprint density at radius 1 is 1.33 bits per heavy atom. The van der Waals surface area contributed by atoms with Crippen molar-refractivity contribution >= 4 is 0 Å². The van der Waals surface area contributed by atoms with Crippen molar-refractivity contribution < 1.29 is 5.11 Å². The third-order valence-electron chi connectivity index (χ3n) is 3.73. The van der Waals surface area contributed by atoms with Gasteiger partial charge in [0.15, 0.2) is 0 Å². The summed E-state index contributed by atoms with van der Waals surface area (Å²) in [5.74, 6) is 1.45. The quantitative estimate of drug-likeness (QED) is 0.520. The smallest absolute Gasteiger partial charge is 0.0568 e. The molecule has 0 spiro atoms. The average molecular weight is 210 g/mol. The van der Waals surface area contributed by atoms with Crippen LogP contribution in [0, 0.1) is 11.8 Å². The van der Waals surface area contributed by atoms with E-state index in [-0.39, 0.29) is 6.10 Å². The molecule has 3 atom stereocenters. The summed E-state index contributed by atoms with van der Waals surface area (Å²) in [7, 11) is 0. The minimum atomic E-state index is -0.0251. The number of allylic oxidation sites excluding steroid dienone is 1. The molecule has 1 aliphatic rings. The first kappa shape index (κ1) is 12.8. The van der Waals surface area contributed by atoms with Gasteiger partial charge in [-0.15, -0.1) is 6.58 Å². The van der Waals surface area contributed by atoms with Crippen LogP contribution in [0.15, 0.2) is 12.7 Å². The van der Waals surface area contributed by atoms with E-state index in [0.29, 0.717) is 5.92 Å². The Bertz CT molecular complexity index is 176. The van der Waals surface area contributed by atoms with Crippen LogP contribution >= 0.6 is 0 Å². The molecule has 0 aromatic carbocycles. The van der Waals surface area contributed by atoms with Gasteiger partial charge in [0.25, 0.3) is 0 Å². The fraction of sp³-hybridized carbons (Fsp3) is 0.857. The lowest BCUT2D eigenvalue weighted by molar-refractivity contribution is 0.0410. The molecular formula is C14H26O. The molecule has 0 aliphatic heterocycles. The predicted molar refractivity (Wildman–Crippen MR) is 65.8 cm³/mol. The van der Waals surface area contributed by atoms with Crippen LogP contribution in [0.4, 0.5) is 0 Å². The summed E-state index contributed by atoms with van der Waals surface area (Å²) < 4.78 is 0. The second kappa shape index (κ2) is 7.05. The van der Waals surface area contributed by atoms with Crippen LogP contribution < -0.4 is 0 Å². The van der Waals surface area contributed by atoms with Crippen LogP contribution in [0.1, 0.15) is 58.3 Å². The molecule has 1 heteroatoms. The molecule has 0 aromatic rings. The van der Waals surface area contributed by atoms with Crippen molar-refractivity contribution in [1.82, 2.24) is 0 Å². The van der Waals surface area contributed by atoms with E-state index in [1.165, 1.54) is 38.5 Å². The molecule has 1 saturated carbocycles. The van der Waals surface area contributed by atoms with Crippen molar-refractivity contribution in [2.45, 2.75) is 64.4 Å². The standard InChI is InChI=1S/C14H26O/c1-3-5-6-8-13-11-12(7-4-2)9-10-14(13)15/h3,12-15H,1,4-11H2,2H3. The van der Waals surface area contributed by atoms with Gasteiger partial charge in [-0.3, -0.25) is 0 Å². The Kier molecular flexibility index (Phi) is 6.00. The molecule has 1 N–H and O–H groups in total. The van der Waals surface area contributed by atoms with Gasteiger partial charge in [-0.1, -0.05) is 25.8 Å². The highest BCUT2D eigenvalue weighted by Gasteiger charge is 2.27. The molecule has 0 heterocycles. The zero-order chi connectivity index (χ0) is 11.1. The topological polar surface area (TPSA) is 20.2 Å². The molecule has 88 valence electrons. The average Bonchev–Trinajstić information content (AvgIpc) is 2.23. The minimum Gasteiger partial charge on any atom is -0.393 e. The minimum absolute atomic E-state index is 0.0251. The van der Waals surface area contributed by atoms with Gasteiger partial charge >= 0.3 is 0 Å². The maximum absolute atomic E-state index is 9.93. The second-order valence-corrected chi connectivity index (χ2v) is 5.01. The van der Waals surface area contributed by atoms with Crippen LogP contribution in [0.3, 0.4) is 0 Å². The second-order valence-electron chi connectivity index (χ2n) is 5.01. The van der Waals surface area contributed by atoms with Gasteiger partial charge in [0, 0.05) is 0 Å². The van der Waals surface area contributed by atoms with Crippen LogP contribution in [-0.4, -0.2) is 11.2 Å². The zero-order valence-electron chi connectivity index (χ0n) is 10.1. The van der Waals surface area contributed by atoms with Gasteiger partial charge in [0.05, 0.1) is 6.10 Å². The first-order chi connectivity index (χ1) is 7.27. The molecule has 1 nitrogen and oxygen atoms in total. The third-order valence-corrected chi connectivity index (χ3v) is 3.73. The SMILES string of the molecule is C=CCCCC1CC(CCC)CCC1O. The fourth-order valence-corrected chi connectivity index (χ4v) is 2.85. The molecule has 1 aliphatic carbocycles. The lowest BCUT2D eigenvalue weighted by Crippen LogP contribution is -2.29. The first-order valence-corrected chi connectivity index (χ1v) is 6.56. The van der Waals surface area contributed by atoms with E-state index >= 15 is 0 Å². The number of aliphatic hydroxyl groups is 1. The molecular weight excluding hydrogens is 184 g/mol. The lowest BCUT2D eigenvalue weighted by atomic mass is 9.76. The Labute approximate surface area is 94.6 Å². The van der Waals surface area contributed by atoms with E-state index in [4.69, 9.17) is 0 Å². The molecule has 3 unspecified atom stereocenters. The summed E-state index contributed by atoms with van der Waals surface area (Å²) in [5, 5.41) is 9.93. The van der Waals surface area contributed by atoms with Crippen molar-refractivity contribution in [2.24, 2.45) is 11.8 Å². The van der Waals surface area contributed by atoms with E-state index < -0.39 is 0 Å². The summed E-state index contributed by atoms with van der Waals surface area (Å²) in [6.45, 7) is 6.01. The van der Waals surface area contributed by atoms with Gasteiger partial charge in [-0.05, 0) is 50.4 Å². The molecule has 15 heavy (non-hydrogen) atoms. The number of aliphatic hydroxyl groups excluding tert-OH is 1. The molecule has 0 bridgehead atoms. The zero-order valence-corrected chi connectivity index (χ0v) is 10.1. The van der Waals surface area contributed by atoms with Crippen molar-refractivity contribution in [3.8, 4) is 0 Å². The largest absolute Gasteiger partial charge is 0.393 e. The van der Waals surface area contributed by atoms with Crippen LogP contribution in [0.2, 0.25) is 0 Å². The highest BCUT2D eigenvalue weighted by Crippen LogP contribution is 2.34. The van der Waals surface area contributed by atoms with Gasteiger partial charge in [-0.25, -0.2) is 0 Å². The summed E-state index contributed by atoms with van der Waals surface area (Å²) in [6, 6.07) is 0. The summed E-state index contributed by atoms with van der Waals surface area (Å²) in [5.41, 5.74) is 0. The molecule has 0 aromatic heterocycles. The number of hydrogen-bond acceptors (Lipinski definition) is 1. The molecule has 1 rings (SSSR count). The summed E-state index contributed by atoms with van der Waals surface area (Å²) in [4.78, 5) is 0. The van der Waals surface area contributed by atoms with E-state index in [9.17, 15) is 5.11 Å². The maximum atomic E-state index is 9.93. The lowest BCUT2D eigenvalue weighted by Gasteiger charge is -2.33. The van der Waals surface area contributed by atoms with E-state index in [2.05, 4.69) is 13.5 Å². The number of rotatable bonds is 6. The van der Waals surface area contributed by atoms with Crippen molar-refractivity contribution in [3.05, 3.63) is 12.7 Å². The van der Waals surface area contributed by atoms with Gasteiger partial charge in [-0.2, -0.15) is 0 Å². The summed E-state index contributed by atoms with van der Waals surface area (Å²) in [6.07, 6.45) is 11.6. The number of unbranched alkanes of at least 4 members (excludes halogenated alkanes) is 1. The molecule has 0 saturated heterocycles. The van der Waals surface area contributed by atoms with E-state index in [0.717, 1.165) is 18.8 Å². The van der Waals surface area contributed by atoms with Gasteiger partial charge in [0.1, 0.15) is 0 Å². The van der Waals surface area contributed by atoms with Crippen molar-refractivity contribution in [3.63, 3.8) is 0 Å². The first-order valence-electron chi connectivity index (χ1n) is 6.56. The molecule has 0 radical (unpaired) electrons. The van der Waals surface area contributed by atoms with Crippen LogP contribution in [0.5, 0.6) is 0 Å². The summed E-state index contributed by atoms with van der Waals surface area (Å²) >= 11 is 0. The van der Waals surface area contributed by atoms with Crippen LogP contribution in [-0.2, 0) is 0 Å².